The minimum absolute atomic E-state index is 0.422. The van der Waals surface area contributed by atoms with Crippen molar-refractivity contribution in [3.63, 3.8) is 0 Å². The van der Waals surface area contributed by atoms with E-state index in [4.69, 9.17) is 16.0 Å². The predicted octanol–water partition coefficient (Wildman–Crippen LogP) is 3.16. The summed E-state index contributed by atoms with van der Waals surface area (Å²) in [6.45, 7) is 1.86. The van der Waals surface area contributed by atoms with Gasteiger partial charge in [0, 0.05) is 5.02 Å². The minimum atomic E-state index is -0.821. The molecule has 20 heavy (non-hydrogen) atoms. The highest BCUT2D eigenvalue weighted by molar-refractivity contribution is 6.31. The largest absolute Gasteiger partial charge is 0.417 e. The maximum atomic E-state index is 11.1. The van der Waals surface area contributed by atoms with Gasteiger partial charge in [0.1, 0.15) is 6.10 Å². The van der Waals surface area contributed by atoms with Gasteiger partial charge in [0.05, 0.1) is 5.52 Å². The number of hydrogen-bond acceptors (Lipinski definition) is 3. The Morgan fingerprint density at radius 1 is 1.30 bits per heavy atom. The van der Waals surface area contributed by atoms with Gasteiger partial charge in [0.25, 0.3) is 0 Å². The molecule has 1 unspecified atom stereocenters. The Kier molecular flexibility index (Phi) is 3.12. The van der Waals surface area contributed by atoms with Crippen molar-refractivity contribution < 1.29 is 9.52 Å². The number of H-pyrrole nitrogens is 1. The highest BCUT2D eigenvalue weighted by atomic mass is 35.5. The number of aliphatic hydroxyl groups excluding tert-OH is 1. The number of aromatic nitrogens is 1. The van der Waals surface area contributed by atoms with Crippen molar-refractivity contribution in [2.45, 2.75) is 13.0 Å². The van der Waals surface area contributed by atoms with Crippen LogP contribution in [0, 0.1) is 6.92 Å². The molecule has 1 atom stereocenters. The normalized spacial score (nSPS) is 12.8. The lowest BCUT2D eigenvalue weighted by Gasteiger charge is -2.14. The Morgan fingerprint density at radius 3 is 2.90 bits per heavy atom. The average molecular weight is 290 g/mol. The molecule has 0 aliphatic heterocycles. The van der Waals surface area contributed by atoms with E-state index in [1.54, 1.807) is 30.3 Å². The van der Waals surface area contributed by atoms with Crippen LogP contribution in [0.2, 0.25) is 5.02 Å². The quantitative estimate of drug-likeness (QED) is 0.761. The third-order valence-corrected chi connectivity index (χ3v) is 3.77. The van der Waals surface area contributed by atoms with Gasteiger partial charge in [-0.1, -0.05) is 29.8 Å². The summed E-state index contributed by atoms with van der Waals surface area (Å²) in [5, 5.41) is 11.1. The second-order valence-electron chi connectivity index (χ2n) is 4.63. The van der Waals surface area contributed by atoms with Gasteiger partial charge in [0.15, 0.2) is 5.58 Å². The Morgan fingerprint density at radius 2 is 2.10 bits per heavy atom. The van der Waals surface area contributed by atoms with Crippen molar-refractivity contribution in [1.29, 1.82) is 0 Å². The van der Waals surface area contributed by atoms with E-state index in [1.807, 2.05) is 13.0 Å². The summed E-state index contributed by atoms with van der Waals surface area (Å²) < 4.78 is 5.00. The molecule has 1 aromatic heterocycles. The molecule has 3 rings (SSSR count). The van der Waals surface area contributed by atoms with E-state index < -0.39 is 11.9 Å². The van der Waals surface area contributed by atoms with Crippen molar-refractivity contribution in [1.82, 2.24) is 4.98 Å². The first-order valence-corrected chi connectivity index (χ1v) is 6.50. The van der Waals surface area contributed by atoms with Crippen molar-refractivity contribution in [2.75, 3.05) is 0 Å². The van der Waals surface area contributed by atoms with Crippen molar-refractivity contribution >= 4 is 22.7 Å². The zero-order valence-electron chi connectivity index (χ0n) is 10.7. The van der Waals surface area contributed by atoms with Gasteiger partial charge < -0.3 is 9.52 Å². The third-order valence-electron chi connectivity index (χ3n) is 3.36. The van der Waals surface area contributed by atoms with Gasteiger partial charge in [-0.2, -0.15) is 0 Å². The molecule has 0 radical (unpaired) electrons. The van der Waals surface area contributed by atoms with Gasteiger partial charge in [-0.05, 0) is 41.8 Å². The number of aliphatic hydroxyl groups is 1. The fourth-order valence-corrected chi connectivity index (χ4v) is 2.41. The molecule has 0 fully saturated rings. The third kappa shape index (κ3) is 2.13. The lowest BCUT2D eigenvalue weighted by molar-refractivity contribution is 0.219. The number of nitrogens with one attached hydrogen (secondary N) is 1. The van der Waals surface area contributed by atoms with Crippen molar-refractivity contribution in [2.24, 2.45) is 0 Å². The van der Waals surface area contributed by atoms with Crippen LogP contribution in [-0.2, 0) is 0 Å². The average Bonchev–Trinajstić information content (AvgIpc) is 2.80. The maximum Gasteiger partial charge on any atom is 0.417 e. The Bertz CT molecular complexity index is 834. The topological polar surface area (TPSA) is 66.2 Å². The highest BCUT2D eigenvalue weighted by Gasteiger charge is 2.15. The van der Waals surface area contributed by atoms with Gasteiger partial charge in [-0.15, -0.1) is 0 Å². The molecule has 0 saturated heterocycles. The summed E-state index contributed by atoms with van der Waals surface area (Å²) in [6, 6.07) is 10.5. The molecule has 3 aromatic rings. The fourth-order valence-electron chi connectivity index (χ4n) is 2.23. The minimum Gasteiger partial charge on any atom is -0.408 e. The smallest absolute Gasteiger partial charge is 0.408 e. The molecule has 0 saturated carbocycles. The van der Waals surface area contributed by atoms with E-state index in [2.05, 4.69) is 4.98 Å². The number of rotatable bonds is 2. The molecule has 102 valence electrons. The molecule has 0 spiro atoms. The number of benzene rings is 2. The summed E-state index contributed by atoms with van der Waals surface area (Å²) in [7, 11) is 0. The Hall–Kier alpha value is -2.04. The lowest BCUT2D eigenvalue weighted by Crippen LogP contribution is -2.02. The van der Waals surface area contributed by atoms with Crippen LogP contribution in [0.1, 0.15) is 22.8 Å². The molecule has 4 nitrogen and oxygen atoms in total. The van der Waals surface area contributed by atoms with Crippen molar-refractivity contribution in [3.8, 4) is 0 Å². The van der Waals surface area contributed by atoms with E-state index in [9.17, 15) is 9.90 Å². The zero-order valence-corrected chi connectivity index (χ0v) is 11.4. The molecule has 0 aliphatic carbocycles. The Balaban J connectivity index is 2.09. The number of hydrogen-bond donors (Lipinski definition) is 2. The van der Waals surface area contributed by atoms with Crippen LogP contribution in [0.5, 0.6) is 0 Å². The number of fused-ring (bicyclic) bond motifs is 1. The molecule has 0 amide bonds. The molecule has 1 heterocycles. The van der Waals surface area contributed by atoms with Gasteiger partial charge >= 0.3 is 5.76 Å². The summed E-state index contributed by atoms with van der Waals surface area (Å²) in [5.74, 6) is -0.509. The van der Waals surface area contributed by atoms with Gasteiger partial charge in [0.2, 0.25) is 0 Å². The summed E-state index contributed by atoms with van der Waals surface area (Å²) >= 11 is 6.07. The van der Waals surface area contributed by atoms with E-state index in [1.165, 1.54) is 0 Å². The first-order valence-electron chi connectivity index (χ1n) is 6.12. The second-order valence-corrected chi connectivity index (χ2v) is 5.03. The molecule has 2 N–H and O–H groups in total. The standard InChI is InChI=1S/C15H12ClNO3/c1-8-10(3-2-4-11(8)16)14(18)9-5-6-12-13(7-9)20-15(19)17-12/h2-7,14,18H,1H3,(H,17,19). The van der Waals surface area contributed by atoms with Crippen LogP contribution >= 0.6 is 11.6 Å². The van der Waals surface area contributed by atoms with Crippen LogP contribution in [-0.4, -0.2) is 10.1 Å². The summed E-state index contributed by atoms with van der Waals surface area (Å²) in [6.07, 6.45) is -0.821. The first-order chi connectivity index (χ1) is 9.56. The fraction of sp³-hybridized carbons (Fsp3) is 0.133. The molecular weight excluding hydrogens is 278 g/mol. The van der Waals surface area contributed by atoms with E-state index >= 15 is 0 Å². The SMILES string of the molecule is Cc1c(Cl)cccc1C(O)c1ccc2[nH]c(=O)oc2c1. The van der Waals surface area contributed by atoms with Crippen molar-refractivity contribution in [3.05, 3.63) is 68.7 Å². The van der Waals surface area contributed by atoms with E-state index in [0.717, 1.165) is 11.1 Å². The van der Waals surface area contributed by atoms with Crippen LogP contribution in [0.4, 0.5) is 0 Å². The molecule has 0 aliphatic rings. The van der Waals surface area contributed by atoms with Gasteiger partial charge in [-0.25, -0.2) is 4.79 Å². The van der Waals surface area contributed by atoms with Crippen LogP contribution < -0.4 is 5.76 Å². The van der Waals surface area contributed by atoms with E-state index in [0.29, 0.717) is 21.7 Å². The predicted molar refractivity (Wildman–Crippen MR) is 77.1 cm³/mol. The molecule has 0 bridgehead atoms. The number of halogens is 1. The first kappa shape index (κ1) is 13.0. The molecule has 5 heteroatoms. The summed E-state index contributed by atoms with van der Waals surface area (Å²) in [5.41, 5.74) is 3.23. The zero-order chi connectivity index (χ0) is 14.3. The van der Waals surface area contributed by atoms with E-state index in [-0.39, 0.29) is 0 Å². The van der Waals surface area contributed by atoms with Crippen LogP contribution in [0.3, 0.4) is 0 Å². The lowest BCUT2D eigenvalue weighted by atomic mass is 9.97. The highest BCUT2D eigenvalue weighted by Crippen LogP contribution is 2.29. The molecule has 2 aromatic carbocycles. The molecular formula is C15H12ClNO3. The maximum absolute atomic E-state index is 11.1. The van der Waals surface area contributed by atoms with Gasteiger partial charge in [-0.3, -0.25) is 4.98 Å². The number of aromatic amines is 1. The Labute approximate surface area is 119 Å². The summed E-state index contributed by atoms with van der Waals surface area (Å²) in [4.78, 5) is 13.7. The monoisotopic (exact) mass is 289 g/mol. The number of oxazole rings is 1. The van der Waals surface area contributed by atoms with Crippen LogP contribution in [0.25, 0.3) is 11.1 Å². The second kappa shape index (κ2) is 4.81. The van der Waals surface area contributed by atoms with Crippen LogP contribution in [0.15, 0.2) is 45.6 Å².